The van der Waals surface area contributed by atoms with Gasteiger partial charge in [-0.15, -0.1) is 0 Å². The van der Waals surface area contributed by atoms with Gasteiger partial charge in [-0.1, -0.05) is 6.92 Å². The Bertz CT molecular complexity index is 513. The van der Waals surface area contributed by atoms with Crippen LogP contribution in [0.25, 0.3) is 0 Å². The first-order valence-corrected chi connectivity index (χ1v) is 7.25. The molecule has 1 aromatic rings. The second-order valence-corrected chi connectivity index (χ2v) is 5.01. The molecule has 0 aliphatic rings. The maximum atomic E-state index is 11.9. The van der Waals surface area contributed by atoms with E-state index in [-0.39, 0.29) is 18.6 Å². The van der Waals surface area contributed by atoms with Crippen molar-refractivity contribution in [1.82, 2.24) is 5.32 Å². The minimum absolute atomic E-state index is 0.00120. The predicted molar refractivity (Wildman–Crippen MR) is 82.3 cm³/mol. The maximum absolute atomic E-state index is 11.9. The van der Waals surface area contributed by atoms with Crippen molar-refractivity contribution in [2.75, 3.05) is 20.3 Å². The van der Waals surface area contributed by atoms with Gasteiger partial charge in [-0.05, 0) is 38.5 Å². The van der Waals surface area contributed by atoms with Crippen molar-refractivity contribution in [3.05, 3.63) is 23.8 Å². The molecule has 1 amide bonds. The molecule has 1 rings (SSSR count). The number of hydrogen-bond acceptors (Lipinski definition) is 5. The highest BCUT2D eigenvalue weighted by Gasteiger charge is 2.14. The standard InChI is InChI=1S/C16H23NO5/c1-5-8-21-13-7-6-12(9-14(13)20-4)16(19)22-10-15(18)17-11(2)3/h6-7,9,11H,5,8,10H2,1-4H3,(H,17,18). The Morgan fingerprint density at radius 3 is 2.55 bits per heavy atom. The molecule has 22 heavy (non-hydrogen) atoms. The summed E-state index contributed by atoms with van der Waals surface area (Å²) in [7, 11) is 1.50. The monoisotopic (exact) mass is 309 g/mol. The Morgan fingerprint density at radius 2 is 1.95 bits per heavy atom. The molecule has 0 heterocycles. The van der Waals surface area contributed by atoms with Crippen LogP contribution in [0.1, 0.15) is 37.6 Å². The molecular formula is C16H23NO5. The number of nitrogens with one attached hydrogen (secondary N) is 1. The van der Waals surface area contributed by atoms with Crippen molar-refractivity contribution in [2.45, 2.75) is 33.2 Å². The number of rotatable bonds is 8. The molecule has 0 unspecified atom stereocenters. The van der Waals surface area contributed by atoms with E-state index in [0.29, 0.717) is 23.7 Å². The fourth-order valence-electron chi connectivity index (χ4n) is 1.70. The molecule has 0 aromatic heterocycles. The quantitative estimate of drug-likeness (QED) is 0.745. The lowest BCUT2D eigenvalue weighted by Crippen LogP contribution is -2.33. The van der Waals surface area contributed by atoms with Crippen LogP contribution in [0.15, 0.2) is 18.2 Å². The van der Waals surface area contributed by atoms with Crippen molar-refractivity contribution in [1.29, 1.82) is 0 Å². The van der Waals surface area contributed by atoms with E-state index in [0.717, 1.165) is 6.42 Å². The van der Waals surface area contributed by atoms with Crippen molar-refractivity contribution < 1.29 is 23.8 Å². The van der Waals surface area contributed by atoms with E-state index in [9.17, 15) is 9.59 Å². The van der Waals surface area contributed by atoms with E-state index in [1.165, 1.54) is 13.2 Å². The van der Waals surface area contributed by atoms with Crippen molar-refractivity contribution in [3.8, 4) is 11.5 Å². The Kier molecular flexibility index (Phi) is 7.22. The highest BCUT2D eigenvalue weighted by Crippen LogP contribution is 2.28. The van der Waals surface area contributed by atoms with Crippen molar-refractivity contribution in [3.63, 3.8) is 0 Å². The number of ether oxygens (including phenoxy) is 3. The topological polar surface area (TPSA) is 73.9 Å². The maximum Gasteiger partial charge on any atom is 0.338 e. The molecule has 0 spiro atoms. The molecule has 0 radical (unpaired) electrons. The van der Waals surface area contributed by atoms with Gasteiger partial charge in [0.05, 0.1) is 19.3 Å². The zero-order valence-electron chi connectivity index (χ0n) is 13.5. The Hall–Kier alpha value is -2.24. The summed E-state index contributed by atoms with van der Waals surface area (Å²) in [6.07, 6.45) is 0.873. The zero-order valence-corrected chi connectivity index (χ0v) is 13.5. The van der Waals surface area contributed by atoms with Crippen LogP contribution in [0.2, 0.25) is 0 Å². The predicted octanol–water partition coefficient (Wildman–Crippen LogP) is 2.17. The molecule has 6 heteroatoms. The molecule has 0 bridgehead atoms. The van der Waals surface area contributed by atoms with Gasteiger partial charge in [-0.25, -0.2) is 4.79 Å². The van der Waals surface area contributed by atoms with E-state index >= 15 is 0 Å². The summed E-state index contributed by atoms with van der Waals surface area (Å²) in [4.78, 5) is 23.4. The van der Waals surface area contributed by atoms with Crippen LogP contribution in [-0.4, -0.2) is 38.2 Å². The third-order valence-electron chi connectivity index (χ3n) is 2.65. The third kappa shape index (κ3) is 5.63. The molecule has 1 aromatic carbocycles. The highest BCUT2D eigenvalue weighted by atomic mass is 16.5. The summed E-state index contributed by atoms with van der Waals surface area (Å²) in [5, 5.41) is 2.64. The highest BCUT2D eigenvalue weighted by molar-refractivity contribution is 5.92. The van der Waals surface area contributed by atoms with Crippen LogP contribution in [0.5, 0.6) is 11.5 Å². The van der Waals surface area contributed by atoms with Gasteiger partial charge < -0.3 is 19.5 Å². The lowest BCUT2D eigenvalue weighted by molar-refractivity contribution is -0.124. The molecule has 0 fully saturated rings. The minimum Gasteiger partial charge on any atom is -0.493 e. The molecule has 0 aliphatic carbocycles. The van der Waals surface area contributed by atoms with Gasteiger partial charge in [0.2, 0.25) is 0 Å². The largest absolute Gasteiger partial charge is 0.493 e. The SMILES string of the molecule is CCCOc1ccc(C(=O)OCC(=O)NC(C)C)cc1OC. The van der Waals surface area contributed by atoms with Crippen LogP contribution >= 0.6 is 0 Å². The fourth-order valence-corrected chi connectivity index (χ4v) is 1.70. The van der Waals surface area contributed by atoms with Gasteiger partial charge in [0.1, 0.15) is 0 Å². The van der Waals surface area contributed by atoms with Crippen molar-refractivity contribution in [2.24, 2.45) is 0 Å². The molecule has 1 N–H and O–H groups in total. The normalized spacial score (nSPS) is 10.2. The second kappa shape index (κ2) is 8.92. The van der Waals surface area contributed by atoms with E-state index in [4.69, 9.17) is 14.2 Å². The van der Waals surface area contributed by atoms with Gasteiger partial charge in [0.15, 0.2) is 18.1 Å². The Balaban J connectivity index is 2.67. The number of amides is 1. The average molecular weight is 309 g/mol. The van der Waals surface area contributed by atoms with Crippen LogP contribution in [0, 0.1) is 0 Å². The number of carbonyl (C=O) groups is 2. The number of methoxy groups -OCH3 is 1. The van der Waals surface area contributed by atoms with E-state index < -0.39 is 5.97 Å². The smallest absolute Gasteiger partial charge is 0.338 e. The molecular weight excluding hydrogens is 286 g/mol. The first kappa shape index (κ1) is 17.8. The van der Waals surface area contributed by atoms with Crippen LogP contribution < -0.4 is 14.8 Å². The van der Waals surface area contributed by atoms with Gasteiger partial charge in [-0.3, -0.25) is 4.79 Å². The lowest BCUT2D eigenvalue weighted by atomic mass is 10.2. The second-order valence-electron chi connectivity index (χ2n) is 5.01. The summed E-state index contributed by atoms with van der Waals surface area (Å²) in [6, 6.07) is 4.77. The summed E-state index contributed by atoms with van der Waals surface area (Å²) in [5.41, 5.74) is 0.304. The first-order chi connectivity index (χ1) is 10.5. The molecule has 0 aliphatic heterocycles. The van der Waals surface area contributed by atoms with Gasteiger partial charge in [-0.2, -0.15) is 0 Å². The fraction of sp³-hybridized carbons (Fsp3) is 0.500. The molecule has 122 valence electrons. The lowest BCUT2D eigenvalue weighted by Gasteiger charge is -2.12. The van der Waals surface area contributed by atoms with Crippen LogP contribution in [0.3, 0.4) is 0 Å². The number of carbonyl (C=O) groups excluding carboxylic acids is 2. The number of esters is 1. The van der Waals surface area contributed by atoms with E-state index in [2.05, 4.69) is 5.32 Å². The third-order valence-corrected chi connectivity index (χ3v) is 2.65. The molecule has 6 nitrogen and oxygen atoms in total. The summed E-state index contributed by atoms with van der Waals surface area (Å²) >= 11 is 0. The van der Waals surface area contributed by atoms with Gasteiger partial charge in [0, 0.05) is 6.04 Å². The van der Waals surface area contributed by atoms with Crippen LogP contribution in [-0.2, 0) is 9.53 Å². The molecule has 0 saturated heterocycles. The summed E-state index contributed by atoms with van der Waals surface area (Å²) in [5.74, 6) is 0.102. The van der Waals surface area contributed by atoms with E-state index in [1.54, 1.807) is 12.1 Å². The molecule has 0 saturated carbocycles. The number of hydrogen-bond donors (Lipinski definition) is 1. The Labute approximate surface area is 130 Å². The van der Waals surface area contributed by atoms with E-state index in [1.807, 2.05) is 20.8 Å². The summed E-state index contributed by atoms with van der Waals surface area (Å²) < 4.78 is 15.7. The minimum atomic E-state index is -0.584. The molecule has 0 atom stereocenters. The average Bonchev–Trinajstić information content (AvgIpc) is 2.49. The first-order valence-electron chi connectivity index (χ1n) is 7.25. The number of benzene rings is 1. The zero-order chi connectivity index (χ0) is 16.5. The van der Waals surface area contributed by atoms with Crippen molar-refractivity contribution >= 4 is 11.9 Å². The Morgan fingerprint density at radius 1 is 1.23 bits per heavy atom. The van der Waals surface area contributed by atoms with Crippen LogP contribution in [0.4, 0.5) is 0 Å². The summed E-state index contributed by atoms with van der Waals surface area (Å²) in [6.45, 7) is 5.92. The van der Waals surface area contributed by atoms with Gasteiger partial charge >= 0.3 is 5.97 Å². The van der Waals surface area contributed by atoms with Gasteiger partial charge in [0.25, 0.3) is 5.91 Å².